The summed E-state index contributed by atoms with van der Waals surface area (Å²) in [5.41, 5.74) is 8.79. The number of nitrogens with two attached hydrogens (primary N) is 1. The Kier molecular flexibility index (Phi) is 4.21. The SMILES string of the molecule is CCOc1cc2nccc(Nc3ccc(F)c(Cl)c3)c2cc1N. The summed E-state index contributed by atoms with van der Waals surface area (Å²) in [7, 11) is 0. The molecule has 1 aromatic heterocycles. The molecular formula is C17H15ClFN3O. The molecule has 2 aromatic carbocycles. The molecule has 4 nitrogen and oxygen atoms in total. The van der Waals surface area contributed by atoms with Crippen LogP contribution >= 0.6 is 11.6 Å². The van der Waals surface area contributed by atoms with Crippen molar-refractivity contribution in [3.63, 3.8) is 0 Å². The molecule has 6 heteroatoms. The molecule has 0 amide bonds. The molecule has 23 heavy (non-hydrogen) atoms. The number of nitrogen functional groups attached to an aromatic ring is 1. The van der Waals surface area contributed by atoms with Crippen LogP contribution in [0.15, 0.2) is 42.6 Å². The largest absolute Gasteiger partial charge is 0.492 e. The Labute approximate surface area is 138 Å². The molecule has 0 saturated heterocycles. The third kappa shape index (κ3) is 3.14. The Morgan fingerprint density at radius 2 is 2.09 bits per heavy atom. The zero-order valence-corrected chi connectivity index (χ0v) is 13.2. The molecule has 0 fully saturated rings. The normalized spacial score (nSPS) is 10.7. The second-order valence-electron chi connectivity index (χ2n) is 4.95. The van der Waals surface area contributed by atoms with Crippen molar-refractivity contribution in [3.8, 4) is 5.75 Å². The Bertz CT molecular complexity index is 870. The number of anilines is 3. The minimum atomic E-state index is -0.456. The van der Waals surface area contributed by atoms with Crippen molar-refractivity contribution in [1.29, 1.82) is 0 Å². The van der Waals surface area contributed by atoms with Crippen LogP contribution in [0.1, 0.15) is 6.92 Å². The van der Waals surface area contributed by atoms with E-state index in [0.29, 0.717) is 23.7 Å². The predicted molar refractivity (Wildman–Crippen MR) is 92.0 cm³/mol. The Balaban J connectivity index is 2.03. The van der Waals surface area contributed by atoms with Gasteiger partial charge in [-0.15, -0.1) is 0 Å². The van der Waals surface area contributed by atoms with E-state index in [2.05, 4.69) is 10.3 Å². The van der Waals surface area contributed by atoms with E-state index < -0.39 is 5.82 Å². The van der Waals surface area contributed by atoms with Crippen LogP contribution in [0.25, 0.3) is 10.9 Å². The zero-order chi connectivity index (χ0) is 16.4. The van der Waals surface area contributed by atoms with Gasteiger partial charge < -0.3 is 15.8 Å². The number of fused-ring (bicyclic) bond motifs is 1. The number of halogens is 2. The van der Waals surface area contributed by atoms with Gasteiger partial charge in [0.1, 0.15) is 11.6 Å². The summed E-state index contributed by atoms with van der Waals surface area (Å²) in [6.07, 6.45) is 1.68. The first-order chi connectivity index (χ1) is 11.1. The molecule has 0 bridgehead atoms. The second-order valence-corrected chi connectivity index (χ2v) is 5.36. The van der Waals surface area contributed by atoms with E-state index in [1.165, 1.54) is 12.1 Å². The van der Waals surface area contributed by atoms with Crippen LogP contribution in [0.5, 0.6) is 5.75 Å². The molecule has 3 N–H and O–H groups in total. The van der Waals surface area contributed by atoms with Crippen LogP contribution < -0.4 is 15.8 Å². The van der Waals surface area contributed by atoms with Crippen LogP contribution in [-0.4, -0.2) is 11.6 Å². The number of hydrogen-bond donors (Lipinski definition) is 2. The molecule has 0 radical (unpaired) electrons. The third-order valence-electron chi connectivity index (χ3n) is 3.37. The average Bonchev–Trinajstić information content (AvgIpc) is 2.53. The first kappa shape index (κ1) is 15.4. The second kappa shape index (κ2) is 6.30. The smallest absolute Gasteiger partial charge is 0.144 e. The maximum Gasteiger partial charge on any atom is 0.144 e. The van der Waals surface area contributed by atoms with E-state index in [-0.39, 0.29) is 5.02 Å². The minimum Gasteiger partial charge on any atom is -0.492 e. The van der Waals surface area contributed by atoms with Crippen LogP contribution in [0.3, 0.4) is 0 Å². The minimum absolute atomic E-state index is 0.0616. The van der Waals surface area contributed by atoms with Crippen molar-refractivity contribution in [2.45, 2.75) is 6.92 Å². The number of pyridine rings is 1. The number of nitrogens with one attached hydrogen (secondary N) is 1. The van der Waals surface area contributed by atoms with Crippen molar-refractivity contribution in [3.05, 3.63) is 53.4 Å². The van der Waals surface area contributed by atoms with Gasteiger partial charge in [0, 0.05) is 29.0 Å². The number of aromatic nitrogens is 1. The number of nitrogens with zero attached hydrogens (tertiary/aromatic N) is 1. The van der Waals surface area contributed by atoms with Gasteiger partial charge in [-0.3, -0.25) is 4.98 Å². The summed E-state index contributed by atoms with van der Waals surface area (Å²) in [6.45, 7) is 2.43. The molecule has 3 rings (SSSR count). The molecule has 118 valence electrons. The molecule has 0 saturated carbocycles. The highest BCUT2D eigenvalue weighted by Gasteiger charge is 2.09. The third-order valence-corrected chi connectivity index (χ3v) is 3.66. The van der Waals surface area contributed by atoms with E-state index in [1.807, 2.05) is 13.0 Å². The van der Waals surface area contributed by atoms with Crippen LogP contribution in [0.4, 0.5) is 21.5 Å². The summed E-state index contributed by atoms with van der Waals surface area (Å²) in [5.74, 6) is 0.150. The lowest BCUT2D eigenvalue weighted by Gasteiger charge is -2.13. The van der Waals surface area contributed by atoms with E-state index in [1.54, 1.807) is 24.4 Å². The fourth-order valence-corrected chi connectivity index (χ4v) is 2.49. The van der Waals surface area contributed by atoms with Gasteiger partial charge in [0.2, 0.25) is 0 Å². The van der Waals surface area contributed by atoms with E-state index in [4.69, 9.17) is 22.1 Å². The van der Waals surface area contributed by atoms with Gasteiger partial charge in [0.05, 0.1) is 22.8 Å². The summed E-state index contributed by atoms with van der Waals surface area (Å²) < 4.78 is 18.7. The van der Waals surface area contributed by atoms with Crippen molar-refractivity contribution in [2.24, 2.45) is 0 Å². The van der Waals surface area contributed by atoms with Gasteiger partial charge in [0.25, 0.3) is 0 Å². The Hall–Kier alpha value is -2.53. The number of hydrogen-bond acceptors (Lipinski definition) is 4. The topological polar surface area (TPSA) is 60.2 Å². The van der Waals surface area contributed by atoms with E-state index in [9.17, 15) is 4.39 Å². The molecule has 1 heterocycles. The zero-order valence-electron chi connectivity index (χ0n) is 12.4. The number of rotatable bonds is 4. The van der Waals surface area contributed by atoms with Crippen molar-refractivity contribution in [1.82, 2.24) is 4.98 Å². The van der Waals surface area contributed by atoms with Crippen LogP contribution in [0, 0.1) is 5.82 Å². The highest BCUT2D eigenvalue weighted by molar-refractivity contribution is 6.31. The molecule has 0 aliphatic carbocycles. The monoisotopic (exact) mass is 331 g/mol. The fourth-order valence-electron chi connectivity index (χ4n) is 2.31. The lowest BCUT2D eigenvalue weighted by atomic mass is 10.1. The molecule has 0 aliphatic heterocycles. The summed E-state index contributed by atoms with van der Waals surface area (Å²) in [4.78, 5) is 4.34. The van der Waals surface area contributed by atoms with Crippen molar-refractivity contribution in [2.75, 3.05) is 17.7 Å². The molecule has 0 unspecified atom stereocenters. The maximum atomic E-state index is 13.3. The Morgan fingerprint density at radius 1 is 1.26 bits per heavy atom. The standard InChI is InChI=1S/C17H15ClFN3O/c1-2-23-17-9-16-11(8-14(17)20)15(5-6-21-16)22-10-3-4-13(19)12(18)7-10/h3-9H,2,20H2,1H3,(H,21,22). The first-order valence-corrected chi connectivity index (χ1v) is 7.49. The summed E-state index contributed by atoms with van der Waals surface area (Å²) in [5, 5.41) is 4.11. The van der Waals surface area contributed by atoms with Crippen molar-refractivity contribution < 1.29 is 9.13 Å². The lowest BCUT2D eigenvalue weighted by molar-refractivity contribution is 0.342. The van der Waals surface area contributed by atoms with E-state index >= 15 is 0 Å². The number of benzene rings is 2. The highest BCUT2D eigenvalue weighted by atomic mass is 35.5. The predicted octanol–water partition coefficient (Wildman–Crippen LogP) is 4.75. The van der Waals surface area contributed by atoms with Gasteiger partial charge in [0.15, 0.2) is 0 Å². The van der Waals surface area contributed by atoms with Gasteiger partial charge >= 0.3 is 0 Å². The average molecular weight is 332 g/mol. The molecule has 0 spiro atoms. The number of ether oxygens (including phenoxy) is 1. The quantitative estimate of drug-likeness (QED) is 0.677. The van der Waals surface area contributed by atoms with Gasteiger partial charge in [-0.1, -0.05) is 11.6 Å². The maximum absolute atomic E-state index is 13.3. The summed E-state index contributed by atoms with van der Waals surface area (Å²) >= 11 is 5.82. The van der Waals surface area contributed by atoms with Gasteiger partial charge in [-0.05, 0) is 37.3 Å². The van der Waals surface area contributed by atoms with Gasteiger partial charge in [-0.25, -0.2) is 4.39 Å². The molecular weight excluding hydrogens is 317 g/mol. The fraction of sp³-hybridized carbons (Fsp3) is 0.118. The van der Waals surface area contributed by atoms with Crippen LogP contribution in [0.2, 0.25) is 5.02 Å². The highest BCUT2D eigenvalue weighted by Crippen LogP contribution is 2.33. The molecule has 0 aliphatic rings. The first-order valence-electron chi connectivity index (χ1n) is 7.11. The van der Waals surface area contributed by atoms with Crippen molar-refractivity contribution >= 4 is 39.6 Å². The molecule has 3 aromatic rings. The van der Waals surface area contributed by atoms with Gasteiger partial charge in [-0.2, -0.15) is 0 Å². The van der Waals surface area contributed by atoms with Crippen LogP contribution in [-0.2, 0) is 0 Å². The van der Waals surface area contributed by atoms with E-state index in [0.717, 1.165) is 16.6 Å². The molecule has 0 atom stereocenters. The Morgan fingerprint density at radius 3 is 2.83 bits per heavy atom. The summed E-state index contributed by atoms with van der Waals surface area (Å²) in [6, 6.07) is 9.89. The lowest BCUT2D eigenvalue weighted by Crippen LogP contribution is -1.99.